The van der Waals surface area contributed by atoms with Crippen molar-refractivity contribution in [3.05, 3.63) is 52.8 Å². The summed E-state index contributed by atoms with van der Waals surface area (Å²) < 4.78 is 0. The van der Waals surface area contributed by atoms with E-state index in [9.17, 15) is 0 Å². The molecular weight excluding hydrogens is 270 g/mol. The van der Waals surface area contributed by atoms with Gasteiger partial charge in [0.05, 0.1) is 17.6 Å². The summed E-state index contributed by atoms with van der Waals surface area (Å²) in [7, 11) is 4.09. The second kappa shape index (κ2) is 5.33. The number of hydrogen-bond acceptors (Lipinski definition) is 3. The van der Waals surface area contributed by atoms with Crippen molar-refractivity contribution in [2.45, 2.75) is 18.9 Å². The highest BCUT2D eigenvalue weighted by Gasteiger charge is 2.22. The fraction of sp³-hybridized carbons (Fsp3) is 0.312. The number of nitrogens with one attached hydrogen (secondary N) is 1. The van der Waals surface area contributed by atoms with Crippen LogP contribution in [0.3, 0.4) is 0 Å². The van der Waals surface area contributed by atoms with Crippen LogP contribution in [0.4, 0.5) is 11.4 Å². The highest BCUT2D eigenvalue weighted by Crippen LogP contribution is 2.29. The first-order valence-electron chi connectivity index (χ1n) is 6.78. The molecule has 1 N–H and O–H groups in total. The highest BCUT2D eigenvalue weighted by atomic mass is 35.5. The maximum absolute atomic E-state index is 6.06. The van der Waals surface area contributed by atoms with Crippen molar-refractivity contribution in [2.75, 3.05) is 24.3 Å². The third-order valence-electron chi connectivity index (χ3n) is 3.74. The van der Waals surface area contributed by atoms with E-state index in [0.717, 1.165) is 29.2 Å². The minimum Gasteiger partial charge on any atom is -0.379 e. The van der Waals surface area contributed by atoms with E-state index < -0.39 is 0 Å². The van der Waals surface area contributed by atoms with Crippen molar-refractivity contribution in [3.63, 3.8) is 0 Å². The fourth-order valence-corrected chi connectivity index (χ4v) is 2.99. The molecule has 3 nitrogen and oxygen atoms in total. The van der Waals surface area contributed by atoms with Gasteiger partial charge in [-0.2, -0.15) is 0 Å². The van der Waals surface area contributed by atoms with Crippen LogP contribution in [0.15, 0.2) is 36.7 Å². The van der Waals surface area contributed by atoms with Crippen LogP contribution in [0.5, 0.6) is 0 Å². The Hall–Kier alpha value is -1.74. The average Bonchev–Trinajstić information content (AvgIpc) is 2.80. The quantitative estimate of drug-likeness (QED) is 0.938. The zero-order chi connectivity index (χ0) is 14.1. The van der Waals surface area contributed by atoms with Gasteiger partial charge >= 0.3 is 0 Å². The molecule has 1 aromatic heterocycles. The van der Waals surface area contributed by atoms with E-state index in [1.807, 2.05) is 38.6 Å². The van der Waals surface area contributed by atoms with Gasteiger partial charge in [0, 0.05) is 31.4 Å². The molecule has 0 bridgehead atoms. The van der Waals surface area contributed by atoms with Crippen LogP contribution in [0.1, 0.15) is 11.1 Å². The molecule has 1 aromatic carbocycles. The Labute approximate surface area is 124 Å². The van der Waals surface area contributed by atoms with Crippen LogP contribution >= 0.6 is 11.6 Å². The van der Waals surface area contributed by atoms with Gasteiger partial charge in [0.25, 0.3) is 0 Å². The van der Waals surface area contributed by atoms with Gasteiger partial charge in [0.1, 0.15) is 0 Å². The molecule has 104 valence electrons. The molecule has 0 saturated heterocycles. The molecule has 1 unspecified atom stereocenters. The lowest BCUT2D eigenvalue weighted by Crippen LogP contribution is -2.22. The second-order valence-corrected chi connectivity index (χ2v) is 5.89. The van der Waals surface area contributed by atoms with Gasteiger partial charge in [-0.15, -0.1) is 0 Å². The van der Waals surface area contributed by atoms with Crippen LogP contribution in [0.2, 0.25) is 5.02 Å². The summed E-state index contributed by atoms with van der Waals surface area (Å²) in [6.45, 7) is 0. The van der Waals surface area contributed by atoms with Crippen LogP contribution in [-0.4, -0.2) is 25.1 Å². The molecule has 2 aromatic rings. The lowest BCUT2D eigenvalue weighted by Gasteiger charge is -2.20. The topological polar surface area (TPSA) is 28.2 Å². The number of aromatic nitrogens is 1. The Balaban J connectivity index is 1.78. The molecule has 3 rings (SSSR count). The molecule has 0 amide bonds. The summed E-state index contributed by atoms with van der Waals surface area (Å²) in [5.41, 5.74) is 4.99. The molecule has 0 spiro atoms. The molecule has 4 heteroatoms. The molecule has 0 radical (unpaired) electrons. The molecule has 0 saturated carbocycles. The highest BCUT2D eigenvalue weighted by molar-refractivity contribution is 6.30. The number of anilines is 2. The molecule has 1 aliphatic carbocycles. The number of fused-ring (bicyclic) bond motifs is 1. The zero-order valence-electron chi connectivity index (χ0n) is 11.7. The molecular formula is C16H18ClN3. The van der Waals surface area contributed by atoms with Gasteiger partial charge in [-0.3, -0.25) is 4.98 Å². The van der Waals surface area contributed by atoms with Crippen molar-refractivity contribution in [2.24, 2.45) is 0 Å². The van der Waals surface area contributed by atoms with E-state index in [2.05, 4.69) is 27.3 Å². The van der Waals surface area contributed by atoms with Gasteiger partial charge in [-0.1, -0.05) is 17.7 Å². The summed E-state index contributed by atoms with van der Waals surface area (Å²) in [5, 5.41) is 4.43. The summed E-state index contributed by atoms with van der Waals surface area (Å²) >= 11 is 6.06. The number of halogens is 1. The summed E-state index contributed by atoms with van der Waals surface area (Å²) in [6, 6.07) is 8.62. The first-order valence-corrected chi connectivity index (χ1v) is 7.16. The van der Waals surface area contributed by atoms with Crippen molar-refractivity contribution >= 4 is 23.0 Å². The van der Waals surface area contributed by atoms with E-state index in [0.29, 0.717) is 6.04 Å². The van der Waals surface area contributed by atoms with E-state index in [1.54, 1.807) is 0 Å². The molecule has 20 heavy (non-hydrogen) atoms. The van der Waals surface area contributed by atoms with E-state index in [4.69, 9.17) is 11.6 Å². The molecule has 0 aliphatic heterocycles. The average molecular weight is 288 g/mol. The monoisotopic (exact) mass is 287 g/mol. The predicted molar refractivity (Wildman–Crippen MR) is 84.8 cm³/mol. The third kappa shape index (κ3) is 2.59. The Morgan fingerprint density at radius 1 is 1.20 bits per heavy atom. The number of rotatable bonds is 3. The maximum Gasteiger partial charge on any atom is 0.0766 e. The minimum atomic E-state index is 0.409. The SMILES string of the molecule is CN(C)c1ccncc1NC1Cc2ccc(Cl)cc2C1. The number of benzene rings is 1. The first-order chi connectivity index (χ1) is 9.63. The van der Waals surface area contributed by atoms with Crippen LogP contribution in [-0.2, 0) is 12.8 Å². The fourth-order valence-electron chi connectivity index (χ4n) is 2.80. The van der Waals surface area contributed by atoms with Gasteiger partial charge in [-0.25, -0.2) is 0 Å². The Bertz CT molecular complexity index is 625. The Morgan fingerprint density at radius 2 is 2.00 bits per heavy atom. The summed E-state index contributed by atoms with van der Waals surface area (Å²) in [5.74, 6) is 0. The lowest BCUT2D eigenvalue weighted by atomic mass is 10.1. The smallest absolute Gasteiger partial charge is 0.0766 e. The summed E-state index contributed by atoms with van der Waals surface area (Å²) in [6.07, 6.45) is 5.76. The van der Waals surface area contributed by atoms with Crippen LogP contribution < -0.4 is 10.2 Å². The van der Waals surface area contributed by atoms with Gasteiger partial charge in [-0.05, 0) is 42.2 Å². The number of pyridine rings is 1. The normalized spacial score (nSPS) is 16.9. The Kier molecular flexibility index (Phi) is 3.53. The third-order valence-corrected chi connectivity index (χ3v) is 3.98. The van der Waals surface area contributed by atoms with E-state index in [-0.39, 0.29) is 0 Å². The first kappa shape index (κ1) is 13.3. The van der Waals surface area contributed by atoms with Gasteiger partial charge < -0.3 is 10.2 Å². The molecule has 0 fully saturated rings. The zero-order valence-corrected chi connectivity index (χ0v) is 12.5. The van der Waals surface area contributed by atoms with Crippen molar-refractivity contribution in [1.82, 2.24) is 4.98 Å². The van der Waals surface area contributed by atoms with Gasteiger partial charge in [0.15, 0.2) is 0 Å². The van der Waals surface area contributed by atoms with E-state index >= 15 is 0 Å². The maximum atomic E-state index is 6.06. The second-order valence-electron chi connectivity index (χ2n) is 5.45. The van der Waals surface area contributed by atoms with Gasteiger partial charge in [0.2, 0.25) is 0 Å². The lowest BCUT2D eigenvalue weighted by molar-refractivity contribution is 0.773. The molecule has 1 atom stereocenters. The Morgan fingerprint density at radius 3 is 2.80 bits per heavy atom. The molecule has 1 heterocycles. The number of hydrogen-bond donors (Lipinski definition) is 1. The van der Waals surface area contributed by atoms with E-state index in [1.165, 1.54) is 11.1 Å². The largest absolute Gasteiger partial charge is 0.379 e. The van der Waals surface area contributed by atoms with Crippen LogP contribution in [0, 0.1) is 0 Å². The molecule has 1 aliphatic rings. The minimum absolute atomic E-state index is 0.409. The van der Waals surface area contributed by atoms with Crippen LogP contribution in [0.25, 0.3) is 0 Å². The van der Waals surface area contributed by atoms with Crippen molar-refractivity contribution in [1.29, 1.82) is 0 Å². The van der Waals surface area contributed by atoms with Crippen molar-refractivity contribution in [3.8, 4) is 0 Å². The summed E-state index contributed by atoms with van der Waals surface area (Å²) in [4.78, 5) is 6.32. The van der Waals surface area contributed by atoms with Crippen molar-refractivity contribution < 1.29 is 0 Å². The number of nitrogens with zero attached hydrogens (tertiary/aromatic N) is 2. The predicted octanol–water partition coefficient (Wildman–Crippen LogP) is 3.38. The standard InChI is InChI=1S/C16H18ClN3/c1-20(2)16-5-6-18-10-15(16)19-14-8-11-3-4-13(17)7-12(11)9-14/h3-7,10,14,19H,8-9H2,1-2H3.